The normalized spacial score (nSPS) is 17.9. The molecule has 0 saturated carbocycles. The zero-order valence-corrected chi connectivity index (χ0v) is 10.2. The fraction of sp³-hybridized carbons (Fsp3) is 0.417. The van der Waals surface area contributed by atoms with Gasteiger partial charge in [-0.15, -0.1) is 0 Å². The Hall–Kier alpha value is -1.26. The average Bonchev–Trinajstić information content (AvgIpc) is 2.77. The first-order valence-electron chi connectivity index (χ1n) is 5.87. The summed E-state index contributed by atoms with van der Waals surface area (Å²) >= 11 is 6.13. The Labute approximate surface area is 105 Å². The Kier molecular flexibility index (Phi) is 2.68. The van der Waals surface area contributed by atoms with Crippen LogP contribution in [0.1, 0.15) is 12.8 Å². The van der Waals surface area contributed by atoms with Gasteiger partial charge in [-0.3, -0.25) is 5.10 Å². The fourth-order valence-corrected chi connectivity index (χ4v) is 2.61. The zero-order valence-electron chi connectivity index (χ0n) is 9.49. The van der Waals surface area contributed by atoms with Crippen LogP contribution in [-0.2, 0) is 0 Å². The van der Waals surface area contributed by atoms with Gasteiger partial charge in [-0.25, -0.2) is 0 Å². The number of piperidine rings is 1. The molecule has 0 radical (unpaired) electrons. The number of benzene rings is 1. The second-order valence-corrected chi connectivity index (χ2v) is 5.02. The average molecular weight is 251 g/mol. The van der Waals surface area contributed by atoms with E-state index in [1.165, 1.54) is 0 Å². The van der Waals surface area contributed by atoms with Crippen LogP contribution >= 0.6 is 11.6 Å². The first-order chi connectivity index (χ1) is 8.24. The largest absolute Gasteiger partial charge is 0.371 e. The number of aromatic nitrogens is 2. The van der Waals surface area contributed by atoms with Gasteiger partial charge in [-0.1, -0.05) is 11.6 Å². The molecule has 90 valence electrons. The van der Waals surface area contributed by atoms with Gasteiger partial charge in [0.1, 0.15) is 0 Å². The van der Waals surface area contributed by atoms with Crippen molar-refractivity contribution in [1.29, 1.82) is 0 Å². The van der Waals surface area contributed by atoms with Crippen LogP contribution in [0.3, 0.4) is 0 Å². The molecule has 2 heterocycles. The third-order valence-electron chi connectivity index (χ3n) is 3.38. The van der Waals surface area contributed by atoms with E-state index in [4.69, 9.17) is 17.3 Å². The highest BCUT2D eigenvalue weighted by atomic mass is 35.5. The summed E-state index contributed by atoms with van der Waals surface area (Å²) in [4.78, 5) is 2.34. The van der Waals surface area contributed by atoms with Gasteiger partial charge in [0.25, 0.3) is 0 Å². The van der Waals surface area contributed by atoms with Crippen molar-refractivity contribution in [2.24, 2.45) is 5.73 Å². The van der Waals surface area contributed by atoms with Crippen molar-refractivity contribution in [3.8, 4) is 0 Å². The minimum absolute atomic E-state index is 0.338. The van der Waals surface area contributed by atoms with E-state index in [0.717, 1.165) is 47.5 Å². The number of rotatable bonds is 1. The molecule has 0 amide bonds. The van der Waals surface area contributed by atoms with Crippen LogP contribution in [0.25, 0.3) is 10.9 Å². The van der Waals surface area contributed by atoms with Gasteiger partial charge in [0.2, 0.25) is 0 Å². The number of aromatic amines is 1. The number of fused-ring (bicyclic) bond motifs is 1. The first-order valence-corrected chi connectivity index (χ1v) is 6.25. The van der Waals surface area contributed by atoms with Crippen molar-refractivity contribution >= 4 is 28.2 Å². The summed E-state index contributed by atoms with van der Waals surface area (Å²) in [5, 5.41) is 8.91. The van der Waals surface area contributed by atoms with E-state index in [1.54, 1.807) is 0 Å². The molecule has 1 aromatic heterocycles. The Bertz CT molecular complexity index is 528. The van der Waals surface area contributed by atoms with Crippen LogP contribution in [0.4, 0.5) is 5.69 Å². The van der Waals surface area contributed by atoms with Gasteiger partial charge in [-0.05, 0) is 25.0 Å². The molecule has 5 heteroatoms. The number of hydrogen-bond acceptors (Lipinski definition) is 3. The Morgan fingerprint density at radius 1 is 1.35 bits per heavy atom. The Morgan fingerprint density at radius 2 is 2.12 bits per heavy atom. The first kappa shape index (κ1) is 10.9. The lowest BCUT2D eigenvalue weighted by Gasteiger charge is -2.32. The smallest absolute Gasteiger partial charge is 0.0686 e. The van der Waals surface area contributed by atoms with Crippen LogP contribution < -0.4 is 10.6 Å². The molecule has 0 bridgehead atoms. The highest BCUT2D eigenvalue weighted by Gasteiger charge is 2.18. The van der Waals surface area contributed by atoms with E-state index in [2.05, 4.69) is 15.1 Å². The van der Waals surface area contributed by atoms with Crippen LogP contribution in [0.2, 0.25) is 5.02 Å². The molecule has 3 rings (SSSR count). The maximum Gasteiger partial charge on any atom is 0.0686 e. The second-order valence-electron chi connectivity index (χ2n) is 4.58. The van der Waals surface area contributed by atoms with Crippen LogP contribution in [-0.4, -0.2) is 29.3 Å². The topological polar surface area (TPSA) is 57.9 Å². The molecular weight excluding hydrogens is 236 g/mol. The molecule has 1 fully saturated rings. The molecule has 1 saturated heterocycles. The number of H-pyrrole nitrogens is 1. The number of nitrogens with two attached hydrogens (primary N) is 1. The summed E-state index contributed by atoms with van der Waals surface area (Å²) in [7, 11) is 0. The van der Waals surface area contributed by atoms with Gasteiger partial charge in [0.05, 0.1) is 11.7 Å². The summed E-state index contributed by atoms with van der Waals surface area (Å²) in [6.45, 7) is 1.98. The minimum Gasteiger partial charge on any atom is -0.371 e. The van der Waals surface area contributed by atoms with Gasteiger partial charge < -0.3 is 10.6 Å². The second kappa shape index (κ2) is 4.20. The van der Waals surface area contributed by atoms with Gasteiger partial charge in [0, 0.05) is 35.2 Å². The lowest BCUT2D eigenvalue weighted by Crippen LogP contribution is -2.39. The van der Waals surface area contributed by atoms with Crippen molar-refractivity contribution < 1.29 is 0 Å². The molecule has 17 heavy (non-hydrogen) atoms. The summed E-state index contributed by atoms with van der Waals surface area (Å²) in [6, 6.07) is 4.25. The third kappa shape index (κ3) is 1.98. The van der Waals surface area contributed by atoms with Crippen LogP contribution in [0.15, 0.2) is 18.3 Å². The lowest BCUT2D eigenvalue weighted by molar-refractivity contribution is 0.502. The molecule has 0 aliphatic carbocycles. The number of hydrogen-bond donors (Lipinski definition) is 2. The van der Waals surface area contributed by atoms with Gasteiger partial charge >= 0.3 is 0 Å². The van der Waals surface area contributed by atoms with E-state index in [9.17, 15) is 0 Å². The summed E-state index contributed by atoms with van der Waals surface area (Å²) < 4.78 is 0. The number of halogens is 1. The Balaban J connectivity index is 2.01. The summed E-state index contributed by atoms with van der Waals surface area (Å²) in [6.07, 6.45) is 3.92. The molecule has 1 aromatic carbocycles. The van der Waals surface area contributed by atoms with Crippen molar-refractivity contribution in [1.82, 2.24) is 10.2 Å². The molecule has 4 nitrogen and oxygen atoms in total. The maximum absolute atomic E-state index is 6.13. The monoisotopic (exact) mass is 250 g/mol. The molecule has 0 unspecified atom stereocenters. The van der Waals surface area contributed by atoms with Crippen LogP contribution in [0.5, 0.6) is 0 Å². The van der Waals surface area contributed by atoms with Crippen molar-refractivity contribution in [3.05, 3.63) is 23.4 Å². The standard InChI is InChI=1S/C12H15ClN4/c13-8-5-11-10(7-15-16-11)12(6-8)17-3-1-9(14)2-4-17/h5-7,9H,1-4,14H2,(H,15,16). The molecule has 1 aliphatic rings. The zero-order chi connectivity index (χ0) is 11.8. The number of nitrogens with one attached hydrogen (secondary N) is 1. The van der Waals surface area contributed by atoms with Crippen molar-refractivity contribution in [2.75, 3.05) is 18.0 Å². The number of nitrogens with zero attached hydrogens (tertiary/aromatic N) is 2. The predicted octanol–water partition coefficient (Wildman–Crippen LogP) is 2.14. The van der Waals surface area contributed by atoms with Crippen molar-refractivity contribution in [2.45, 2.75) is 18.9 Å². The molecule has 0 atom stereocenters. The summed E-state index contributed by atoms with van der Waals surface area (Å²) in [5.74, 6) is 0. The van der Waals surface area contributed by atoms with Gasteiger partial charge in [-0.2, -0.15) is 5.10 Å². The maximum atomic E-state index is 6.13. The number of anilines is 1. The highest BCUT2D eigenvalue weighted by molar-refractivity contribution is 6.31. The SMILES string of the molecule is NC1CCN(c2cc(Cl)cc3[nH]ncc23)CC1. The molecule has 1 aliphatic heterocycles. The van der Waals surface area contributed by atoms with Gasteiger partial charge in [0.15, 0.2) is 0 Å². The quantitative estimate of drug-likeness (QED) is 0.815. The minimum atomic E-state index is 0.338. The molecule has 2 aromatic rings. The van der Waals surface area contributed by atoms with Crippen LogP contribution in [0, 0.1) is 0 Å². The fourth-order valence-electron chi connectivity index (χ4n) is 2.40. The lowest BCUT2D eigenvalue weighted by atomic mass is 10.0. The molecule has 3 N–H and O–H groups in total. The molecule has 0 spiro atoms. The van der Waals surface area contributed by atoms with E-state index in [1.807, 2.05) is 18.3 Å². The third-order valence-corrected chi connectivity index (χ3v) is 3.60. The van der Waals surface area contributed by atoms with E-state index in [0.29, 0.717) is 6.04 Å². The van der Waals surface area contributed by atoms with E-state index < -0.39 is 0 Å². The van der Waals surface area contributed by atoms with E-state index >= 15 is 0 Å². The highest BCUT2D eigenvalue weighted by Crippen LogP contribution is 2.31. The summed E-state index contributed by atoms with van der Waals surface area (Å²) in [5.41, 5.74) is 8.07. The Morgan fingerprint density at radius 3 is 2.88 bits per heavy atom. The van der Waals surface area contributed by atoms with Crippen molar-refractivity contribution in [3.63, 3.8) is 0 Å². The van der Waals surface area contributed by atoms with E-state index in [-0.39, 0.29) is 0 Å². The predicted molar refractivity (Wildman–Crippen MR) is 70.5 cm³/mol. The molecular formula is C12H15ClN4.